The predicted molar refractivity (Wildman–Crippen MR) is 89.5 cm³/mol. The van der Waals surface area contributed by atoms with Gasteiger partial charge < -0.3 is 9.84 Å². The Morgan fingerprint density at radius 3 is 2.81 bits per heavy atom. The van der Waals surface area contributed by atoms with E-state index in [4.69, 9.17) is 9.73 Å². The normalized spacial score (nSPS) is 19.6. The minimum absolute atomic E-state index is 0.0927. The molecule has 0 aromatic rings. The largest absolute Gasteiger partial charge is 0.499 e. The van der Waals surface area contributed by atoms with Crippen molar-refractivity contribution in [3.8, 4) is 0 Å². The van der Waals surface area contributed by atoms with Gasteiger partial charge in [-0.1, -0.05) is 43.9 Å². The quantitative estimate of drug-likeness (QED) is 0.545. The number of allylic oxidation sites excluding steroid dienone is 5. The molecule has 1 aliphatic carbocycles. The molecule has 1 N–H and O–H groups in total. The third-order valence-corrected chi connectivity index (χ3v) is 3.67. The summed E-state index contributed by atoms with van der Waals surface area (Å²) in [5.74, 6) is 0.739. The van der Waals surface area contributed by atoms with E-state index in [0.717, 1.165) is 18.6 Å². The summed E-state index contributed by atoms with van der Waals surface area (Å²) in [5.41, 5.74) is 2.31. The molecular formula is C18H27NO2. The summed E-state index contributed by atoms with van der Waals surface area (Å²) in [6, 6.07) is -0.145. The van der Waals surface area contributed by atoms with Crippen molar-refractivity contribution in [3.63, 3.8) is 0 Å². The van der Waals surface area contributed by atoms with Crippen molar-refractivity contribution < 1.29 is 9.84 Å². The second-order valence-corrected chi connectivity index (χ2v) is 5.24. The highest BCUT2D eigenvalue weighted by Gasteiger charge is 2.23. The zero-order valence-electron chi connectivity index (χ0n) is 13.4. The van der Waals surface area contributed by atoms with Crippen LogP contribution in [0.3, 0.4) is 0 Å². The molecule has 21 heavy (non-hydrogen) atoms. The van der Waals surface area contributed by atoms with Crippen molar-refractivity contribution in [3.05, 3.63) is 48.3 Å². The van der Waals surface area contributed by atoms with Crippen LogP contribution in [-0.4, -0.2) is 30.6 Å². The molecule has 1 rings (SSSR count). The van der Waals surface area contributed by atoms with E-state index in [2.05, 4.69) is 31.7 Å². The lowest BCUT2D eigenvalue weighted by Crippen LogP contribution is -2.23. The van der Waals surface area contributed by atoms with Gasteiger partial charge in [0.2, 0.25) is 0 Å². The number of ether oxygens (including phenoxy) is 1. The fraction of sp³-hybridized carbons (Fsp3) is 0.500. The van der Waals surface area contributed by atoms with E-state index in [-0.39, 0.29) is 18.6 Å². The summed E-state index contributed by atoms with van der Waals surface area (Å²) >= 11 is 0. The van der Waals surface area contributed by atoms with Gasteiger partial charge in [-0.15, -0.1) is 0 Å². The number of hydrogen-bond acceptors (Lipinski definition) is 3. The van der Waals surface area contributed by atoms with Crippen LogP contribution in [0.1, 0.15) is 33.1 Å². The summed E-state index contributed by atoms with van der Waals surface area (Å²) in [7, 11) is 1.62. The third-order valence-electron chi connectivity index (χ3n) is 3.67. The van der Waals surface area contributed by atoms with Crippen LogP contribution < -0.4 is 0 Å². The number of aliphatic hydroxyl groups excluding tert-OH is 1. The van der Waals surface area contributed by atoms with Crippen LogP contribution in [0.25, 0.3) is 0 Å². The molecule has 0 heterocycles. The SMILES string of the molecule is C=C(OC)C(/N=C(\C)CC)C(/C=C1\C=CC=CC1)CCO. The van der Waals surface area contributed by atoms with Crippen LogP contribution in [0.4, 0.5) is 0 Å². The lowest BCUT2D eigenvalue weighted by atomic mass is 9.91. The molecule has 0 aliphatic heterocycles. The average Bonchev–Trinajstić information content (AvgIpc) is 2.52. The molecule has 0 bridgehead atoms. The fourth-order valence-corrected chi connectivity index (χ4v) is 2.27. The molecule has 0 saturated heterocycles. The fourth-order valence-electron chi connectivity index (χ4n) is 2.27. The van der Waals surface area contributed by atoms with Gasteiger partial charge in [-0.05, 0) is 31.8 Å². The maximum absolute atomic E-state index is 9.38. The molecule has 0 aromatic heterocycles. The van der Waals surface area contributed by atoms with Crippen LogP contribution in [0, 0.1) is 5.92 Å². The molecule has 2 atom stereocenters. The summed E-state index contributed by atoms with van der Waals surface area (Å²) < 4.78 is 5.33. The second kappa shape index (κ2) is 9.35. The lowest BCUT2D eigenvalue weighted by molar-refractivity contribution is 0.225. The number of hydrogen-bond donors (Lipinski definition) is 1. The summed E-state index contributed by atoms with van der Waals surface area (Å²) in [6.45, 7) is 8.21. The minimum Gasteiger partial charge on any atom is -0.499 e. The van der Waals surface area contributed by atoms with E-state index in [9.17, 15) is 5.11 Å². The minimum atomic E-state index is -0.145. The average molecular weight is 289 g/mol. The van der Waals surface area contributed by atoms with Gasteiger partial charge in [0.1, 0.15) is 11.8 Å². The Morgan fingerprint density at radius 2 is 2.29 bits per heavy atom. The number of aliphatic imine (C=N–C) groups is 1. The molecule has 3 heteroatoms. The van der Waals surface area contributed by atoms with E-state index < -0.39 is 0 Å². The van der Waals surface area contributed by atoms with Crippen molar-refractivity contribution in [2.45, 2.75) is 39.2 Å². The molecule has 0 spiro atoms. The van der Waals surface area contributed by atoms with Crippen LogP contribution in [0.5, 0.6) is 0 Å². The molecule has 0 fully saturated rings. The second-order valence-electron chi connectivity index (χ2n) is 5.24. The molecule has 1 aliphatic rings. The summed E-state index contributed by atoms with van der Waals surface area (Å²) in [6.07, 6.45) is 13.0. The first-order valence-electron chi connectivity index (χ1n) is 7.53. The van der Waals surface area contributed by atoms with Crippen LogP contribution in [0.2, 0.25) is 0 Å². The predicted octanol–water partition coefficient (Wildman–Crippen LogP) is 3.83. The Kier molecular flexibility index (Phi) is 7.76. The van der Waals surface area contributed by atoms with Crippen molar-refractivity contribution >= 4 is 5.71 Å². The molecule has 2 unspecified atom stereocenters. The maximum Gasteiger partial charge on any atom is 0.113 e. The van der Waals surface area contributed by atoms with Gasteiger partial charge >= 0.3 is 0 Å². The van der Waals surface area contributed by atoms with E-state index in [1.54, 1.807) is 7.11 Å². The highest BCUT2D eigenvalue weighted by molar-refractivity contribution is 5.81. The van der Waals surface area contributed by atoms with E-state index in [1.165, 1.54) is 5.57 Å². The molecule has 0 saturated carbocycles. The maximum atomic E-state index is 9.38. The van der Waals surface area contributed by atoms with Crippen molar-refractivity contribution in [1.29, 1.82) is 0 Å². The standard InChI is InChI=1S/C18H27NO2/c1-5-14(2)19-18(15(3)21-4)17(11-12-20)13-16-9-7-6-8-10-16/h6-9,13,17-18,20H,3,5,10-12H2,1-2,4H3/b16-13+,19-14+. The molecule has 0 radical (unpaired) electrons. The van der Waals surface area contributed by atoms with Crippen LogP contribution in [0.15, 0.2) is 53.3 Å². The molecule has 3 nitrogen and oxygen atoms in total. The first kappa shape index (κ1) is 17.4. The third kappa shape index (κ3) is 5.72. The van der Waals surface area contributed by atoms with Gasteiger partial charge in [0.25, 0.3) is 0 Å². The monoisotopic (exact) mass is 289 g/mol. The number of rotatable bonds is 8. The zero-order chi connectivity index (χ0) is 15.7. The van der Waals surface area contributed by atoms with Crippen molar-refractivity contribution in [2.75, 3.05) is 13.7 Å². The van der Waals surface area contributed by atoms with Gasteiger partial charge in [0.05, 0.1) is 7.11 Å². The Morgan fingerprint density at radius 1 is 1.52 bits per heavy atom. The summed E-state index contributed by atoms with van der Waals surface area (Å²) in [5, 5.41) is 9.38. The number of aliphatic hydroxyl groups is 1. The van der Waals surface area contributed by atoms with Crippen molar-refractivity contribution in [1.82, 2.24) is 0 Å². The Hall–Kier alpha value is -1.61. The van der Waals surface area contributed by atoms with Gasteiger partial charge in [0.15, 0.2) is 0 Å². The summed E-state index contributed by atoms with van der Waals surface area (Å²) in [4.78, 5) is 4.74. The molecular weight excluding hydrogens is 262 g/mol. The molecule has 0 amide bonds. The Labute approximate surface area is 128 Å². The topological polar surface area (TPSA) is 41.8 Å². The van der Waals surface area contributed by atoms with Crippen LogP contribution in [-0.2, 0) is 4.74 Å². The van der Waals surface area contributed by atoms with Crippen molar-refractivity contribution in [2.24, 2.45) is 10.9 Å². The van der Waals surface area contributed by atoms with Gasteiger partial charge in [-0.3, -0.25) is 4.99 Å². The lowest BCUT2D eigenvalue weighted by Gasteiger charge is -2.24. The Bertz CT molecular complexity index is 458. The molecule has 0 aromatic carbocycles. The highest BCUT2D eigenvalue weighted by Crippen LogP contribution is 2.25. The number of nitrogens with zero attached hydrogens (tertiary/aromatic N) is 1. The smallest absolute Gasteiger partial charge is 0.113 e. The van der Waals surface area contributed by atoms with Gasteiger partial charge in [-0.25, -0.2) is 0 Å². The first-order valence-corrected chi connectivity index (χ1v) is 7.53. The van der Waals surface area contributed by atoms with E-state index in [1.807, 2.05) is 19.1 Å². The van der Waals surface area contributed by atoms with Crippen LogP contribution >= 0.6 is 0 Å². The van der Waals surface area contributed by atoms with E-state index >= 15 is 0 Å². The van der Waals surface area contributed by atoms with Gasteiger partial charge in [0, 0.05) is 18.2 Å². The highest BCUT2D eigenvalue weighted by atomic mass is 16.5. The Balaban J connectivity index is 3.04. The first-order chi connectivity index (χ1) is 10.1. The number of methoxy groups -OCH3 is 1. The zero-order valence-corrected chi connectivity index (χ0v) is 13.4. The van der Waals surface area contributed by atoms with E-state index in [0.29, 0.717) is 12.2 Å². The van der Waals surface area contributed by atoms with Gasteiger partial charge in [-0.2, -0.15) is 0 Å². The molecule has 116 valence electrons.